The topological polar surface area (TPSA) is 96.2 Å². The van der Waals surface area contributed by atoms with Crippen molar-refractivity contribution in [3.63, 3.8) is 0 Å². The molecule has 0 atom stereocenters. The van der Waals surface area contributed by atoms with Crippen molar-refractivity contribution in [2.75, 3.05) is 26.2 Å². The third-order valence-corrected chi connectivity index (χ3v) is 4.49. The van der Waals surface area contributed by atoms with E-state index in [1.54, 1.807) is 33.1 Å². The van der Waals surface area contributed by atoms with Crippen LogP contribution in [0, 0.1) is 0 Å². The highest BCUT2D eigenvalue weighted by Crippen LogP contribution is 2.21. The molecule has 0 bridgehead atoms. The fourth-order valence-electron chi connectivity index (χ4n) is 2.81. The summed E-state index contributed by atoms with van der Waals surface area (Å²) in [6.45, 7) is 6.89. The molecule has 0 radical (unpaired) electrons. The van der Waals surface area contributed by atoms with E-state index in [4.69, 9.17) is 0 Å². The first-order valence-corrected chi connectivity index (χ1v) is 8.75. The van der Waals surface area contributed by atoms with Crippen LogP contribution in [0.15, 0.2) is 30.7 Å². The molecule has 26 heavy (non-hydrogen) atoms. The van der Waals surface area contributed by atoms with Gasteiger partial charge in [0.1, 0.15) is 0 Å². The summed E-state index contributed by atoms with van der Waals surface area (Å²) < 4.78 is 1.66. The first-order valence-electron chi connectivity index (χ1n) is 8.75. The number of urea groups is 1. The van der Waals surface area contributed by atoms with E-state index in [0.29, 0.717) is 32.7 Å². The van der Waals surface area contributed by atoms with Gasteiger partial charge in [-0.3, -0.25) is 9.78 Å². The summed E-state index contributed by atoms with van der Waals surface area (Å²) in [6, 6.07) is 3.78. The van der Waals surface area contributed by atoms with Gasteiger partial charge in [0.2, 0.25) is 0 Å². The van der Waals surface area contributed by atoms with Gasteiger partial charge in [0, 0.05) is 45.1 Å². The average Bonchev–Trinajstić information content (AvgIpc) is 3.10. The molecule has 0 saturated carbocycles. The highest BCUT2D eigenvalue weighted by Gasteiger charge is 2.34. The van der Waals surface area contributed by atoms with E-state index >= 15 is 0 Å². The van der Waals surface area contributed by atoms with E-state index in [1.807, 2.05) is 26.0 Å². The first kappa shape index (κ1) is 17.8. The summed E-state index contributed by atoms with van der Waals surface area (Å²) in [6.07, 6.45) is 4.99. The number of rotatable bonds is 6. The van der Waals surface area contributed by atoms with Crippen LogP contribution in [0.1, 0.15) is 35.9 Å². The highest BCUT2D eigenvalue weighted by molar-refractivity contribution is 5.91. The second-order valence-corrected chi connectivity index (χ2v) is 6.14. The Kier molecular flexibility index (Phi) is 5.45. The lowest BCUT2D eigenvalue weighted by atomic mass is 10.1. The molecule has 0 spiro atoms. The summed E-state index contributed by atoms with van der Waals surface area (Å²) in [4.78, 5) is 31.9. The second-order valence-electron chi connectivity index (χ2n) is 6.14. The quantitative estimate of drug-likeness (QED) is 0.829. The maximum absolute atomic E-state index is 12.2. The number of nitrogens with one attached hydrogen (secondary N) is 1. The molecule has 0 aliphatic carbocycles. The molecule has 9 nitrogen and oxygen atoms in total. The number of pyridine rings is 1. The zero-order valence-electron chi connectivity index (χ0n) is 15.0. The van der Waals surface area contributed by atoms with Gasteiger partial charge in [0.15, 0.2) is 5.69 Å². The Hall–Kier alpha value is -2.97. The Balaban J connectivity index is 1.51. The lowest BCUT2D eigenvalue weighted by Gasteiger charge is -2.41. The molecule has 1 aliphatic heterocycles. The van der Waals surface area contributed by atoms with Gasteiger partial charge in [-0.05, 0) is 31.5 Å². The zero-order valence-corrected chi connectivity index (χ0v) is 15.0. The van der Waals surface area contributed by atoms with Crippen LogP contribution < -0.4 is 5.32 Å². The number of hydrogen-bond donors (Lipinski definition) is 1. The number of amides is 3. The molecular formula is C17H23N7O2. The molecule has 3 heterocycles. The lowest BCUT2D eigenvalue weighted by Crippen LogP contribution is -2.55. The summed E-state index contributed by atoms with van der Waals surface area (Å²) in [7, 11) is 0. The van der Waals surface area contributed by atoms with Crippen molar-refractivity contribution in [2.24, 2.45) is 0 Å². The molecule has 3 amide bonds. The van der Waals surface area contributed by atoms with Gasteiger partial charge in [0.05, 0.1) is 12.2 Å². The van der Waals surface area contributed by atoms with Crippen LogP contribution in [-0.4, -0.2) is 67.9 Å². The first-order chi connectivity index (χ1) is 12.6. The van der Waals surface area contributed by atoms with Gasteiger partial charge in [-0.15, -0.1) is 5.10 Å². The van der Waals surface area contributed by atoms with Gasteiger partial charge in [-0.1, -0.05) is 5.21 Å². The number of hydrogen-bond acceptors (Lipinski definition) is 5. The number of carbonyl (C=O) groups is 2. The van der Waals surface area contributed by atoms with Crippen molar-refractivity contribution in [1.82, 2.24) is 35.1 Å². The summed E-state index contributed by atoms with van der Waals surface area (Å²) in [5.74, 6) is -0.275. The molecular weight excluding hydrogens is 334 g/mol. The standard InChI is InChI=1S/C17H23N7O2/c1-3-22(4-2)17(26)23-10-14(11-23)24-12-15(20-21-24)16(25)19-9-13-5-7-18-8-6-13/h5-8,12,14H,3-4,9-11H2,1-2H3,(H,19,25). The minimum atomic E-state index is -0.275. The third-order valence-electron chi connectivity index (χ3n) is 4.49. The number of nitrogens with zero attached hydrogens (tertiary/aromatic N) is 6. The fraction of sp³-hybridized carbons (Fsp3) is 0.471. The molecule has 3 rings (SSSR count). The summed E-state index contributed by atoms with van der Waals surface area (Å²) >= 11 is 0. The van der Waals surface area contributed by atoms with E-state index in [-0.39, 0.29) is 23.7 Å². The fourth-order valence-corrected chi connectivity index (χ4v) is 2.81. The van der Waals surface area contributed by atoms with Crippen LogP contribution >= 0.6 is 0 Å². The number of carbonyl (C=O) groups excluding carboxylic acids is 2. The SMILES string of the molecule is CCN(CC)C(=O)N1CC(n2cc(C(=O)NCc3ccncc3)nn2)C1. The Morgan fingerprint density at radius 1 is 1.23 bits per heavy atom. The van der Waals surface area contributed by atoms with Crippen molar-refractivity contribution in [2.45, 2.75) is 26.4 Å². The Morgan fingerprint density at radius 3 is 2.58 bits per heavy atom. The predicted octanol–water partition coefficient (Wildman–Crippen LogP) is 0.922. The maximum atomic E-state index is 12.2. The molecule has 0 aromatic carbocycles. The smallest absolute Gasteiger partial charge is 0.320 e. The van der Waals surface area contributed by atoms with Crippen LogP contribution in [0.3, 0.4) is 0 Å². The molecule has 2 aromatic rings. The Morgan fingerprint density at radius 2 is 1.92 bits per heavy atom. The van der Waals surface area contributed by atoms with Gasteiger partial charge >= 0.3 is 6.03 Å². The Labute approximate surface area is 152 Å². The maximum Gasteiger partial charge on any atom is 0.320 e. The predicted molar refractivity (Wildman–Crippen MR) is 94.4 cm³/mol. The summed E-state index contributed by atoms with van der Waals surface area (Å²) in [5.41, 5.74) is 1.23. The van der Waals surface area contributed by atoms with Gasteiger partial charge in [-0.2, -0.15) is 0 Å². The molecule has 1 saturated heterocycles. The molecule has 0 unspecified atom stereocenters. The van der Waals surface area contributed by atoms with Gasteiger partial charge < -0.3 is 15.1 Å². The Bertz CT molecular complexity index is 751. The van der Waals surface area contributed by atoms with Gasteiger partial charge in [-0.25, -0.2) is 9.48 Å². The van der Waals surface area contributed by atoms with Crippen molar-refractivity contribution in [3.05, 3.63) is 42.0 Å². The highest BCUT2D eigenvalue weighted by atomic mass is 16.2. The van der Waals surface area contributed by atoms with Crippen molar-refractivity contribution in [1.29, 1.82) is 0 Å². The summed E-state index contributed by atoms with van der Waals surface area (Å²) in [5, 5.41) is 10.8. The van der Waals surface area contributed by atoms with E-state index in [9.17, 15) is 9.59 Å². The largest absolute Gasteiger partial charge is 0.347 e. The van der Waals surface area contributed by atoms with Gasteiger partial charge in [0.25, 0.3) is 5.91 Å². The van der Waals surface area contributed by atoms with E-state index in [0.717, 1.165) is 5.56 Å². The van der Waals surface area contributed by atoms with Crippen LogP contribution in [0.25, 0.3) is 0 Å². The minimum absolute atomic E-state index is 0.0432. The van der Waals surface area contributed by atoms with E-state index in [2.05, 4.69) is 20.6 Å². The lowest BCUT2D eigenvalue weighted by molar-refractivity contribution is 0.0907. The van der Waals surface area contributed by atoms with Crippen LogP contribution in [0.4, 0.5) is 4.79 Å². The number of aromatic nitrogens is 4. The second kappa shape index (κ2) is 7.94. The van der Waals surface area contributed by atoms with Crippen LogP contribution in [-0.2, 0) is 6.54 Å². The van der Waals surface area contributed by atoms with Crippen molar-refractivity contribution < 1.29 is 9.59 Å². The van der Waals surface area contributed by atoms with E-state index < -0.39 is 0 Å². The monoisotopic (exact) mass is 357 g/mol. The molecule has 9 heteroatoms. The number of likely N-dealkylation sites (tertiary alicyclic amines) is 1. The van der Waals surface area contributed by atoms with Crippen LogP contribution in [0.2, 0.25) is 0 Å². The average molecular weight is 357 g/mol. The molecule has 1 N–H and O–H groups in total. The third kappa shape index (κ3) is 3.81. The molecule has 138 valence electrons. The molecule has 1 fully saturated rings. The molecule has 2 aromatic heterocycles. The molecule has 1 aliphatic rings. The van der Waals surface area contributed by atoms with Crippen molar-refractivity contribution >= 4 is 11.9 Å². The van der Waals surface area contributed by atoms with Crippen molar-refractivity contribution in [3.8, 4) is 0 Å². The normalized spacial score (nSPS) is 14.0. The van der Waals surface area contributed by atoms with Crippen LogP contribution in [0.5, 0.6) is 0 Å². The minimum Gasteiger partial charge on any atom is -0.347 e. The zero-order chi connectivity index (χ0) is 18.5. The van der Waals surface area contributed by atoms with E-state index in [1.165, 1.54) is 0 Å².